The third kappa shape index (κ3) is 5.76. The van der Waals surface area contributed by atoms with E-state index in [-0.39, 0.29) is 17.9 Å². The minimum Gasteiger partial charge on any atom is -0.352 e. The van der Waals surface area contributed by atoms with Gasteiger partial charge in [0.25, 0.3) is 5.91 Å². The Labute approximate surface area is 175 Å². The van der Waals surface area contributed by atoms with Crippen molar-refractivity contribution in [3.8, 4) is 0 Å². The zero-order valence-corrected chi connectivity index (χ0v) is 17.6. The van der Waals surface area contributed by atoms with E-state index in [9.17, 15) is 9.59 Å². The van der Waals surface area contributed by atoms with Crippen molar-refractivity contribution in [2.75, 3.05) is 13.1 Å². The summed E-state index contributed by atoms with van der Waals surface area (Å²) >= 11 is 7.65. The molecule has 1 aliphatic heterocycles. The first-order valence-corrected chi connectivity index (χ1v) is 11.0. The molecule has 1 unspecified atom stereocenters. The molecule has 0 bridgehead atoms. The smallest absolute Gasteiger partial charge is 0.253 e. The van der Waals surface area contributed by atoms with Crippen LogP contribution in [0.4, 0.5) is 0 Å². The number of benzene rings is 2. The third-order valence-electron chi connectivity index (χ3n) is 4.81. The van der Waals surface area contributed by atoms with Gasteiger partial charge in [0.2, 0.25) is 5.91 Å². The summed E-state index contributed by atoms with van der Waals surface area (Å²) in [5.74, 6) is 0.916. The molecule has 1 atom stereocenters. The summed E-state index contributed by atoms with van der Waals surface area (Å²) in [6.07, 6.45) is 2.31. The summed E-state index contributed by atoms with van der Waals surface area (Å²) < 4.78 is 0. The summed E-state index contributed by atoms with van der Waals surface area (Å²) in [7, 11) is 0. The first-order valence-electron chi connectivity index (χ1n) is 9.61. The predicted molar refractivity (Wildman–Crippen MR) is 115 cm³/mol. The molecule has 2 aromatic carbocycles. The molecular weight excluding hydrogens is 392 g/mol. The number of piperidine rings is 1. The zero-order chi connectivity index (χ0) is 19.9. The molecule has 0 spiro atoms. The van der Waals surface area contributed by atoms with Crippen LogP contribution in [0.5, 0.6) is 0 Å². The van der Waals surface area contributed by atoms with E-state index in [1.54, 1.807) is 11.8 Å². The minimum atomic E-state index is 0.0346. The van der Waals surface area contributed by atoms with E-state index >= 15 is 0 Å². The molecule has 28 heavy (non-hydrogen) atoms. The molecule has 0 aliphatic carbocycles. The quantitative estimate of drug-likeness (QED) is 0.690. The van der Waals surface area contributed by atoms with Crippen molar-refractivity contribution in [1.82, 2.24) is 10.2 Å². The highest BCUT2D eigenvalue weighted by molar-refractivity contribution is 7.98. The lowest BCUT2D eigenvalue weighted by Gasteiger charge is -2.33. The van der Waals surface area contributed by atoms with E-state index < -0.39 is 0 Å². The van der Waals surface area contributed by atoms with Crippen LogP contribution in [0.15, 0.2) is 53.4 Å². The molecule has 0 aromatic heterocycles. The van der Waals surface area contributed by atoms with Crippen LogP contribution in [0.3, 0.4) is 0 Å². The highest BCUT2D eigenvalue weighted by Gasteiger charge is 2.25. The van der Waals surface area contributed by atoms with Gasteiger partial charge >= 0.3 is 0 Å². The lowest BCUT2D eigenvalue weighted by molar-refractivity contribution is -0.121. The normalized spacial score (nSPS) is 16.6. The Morgan fingerprint density at radius 1 is 1.14 bits per heavy atom. The molecule has 2 amide bonds. The second-order valence-corrected chi connectivity index (χ2v) is 8.44. The number of nitrogens with one attached hydrogen (secondary N) is 1. The van der Waals surface area contributed by atoms with Crippen molar-refractivity contribution in [1.29, 1.82) is 0 Å². The minimum absolute atomic E-state index is 0.0346. The largest absolute Gasteiger partial charge is 0.352 e. The average Bonchev–Trinajstić information content (AvgIpc) is 2.73. The van der Waals surface area contributed by atoms with Crippen LogP contribution in [-0.4, -0.2) is 35.8 Å². The maximum Gasteiger partial charge on any atom is 0.253 e. The van der Waals surface area contributed by atoms with Crippen molar-refractivity contribution < 1.29 is 9.59 Å². The zero-order valence-electron chi connectivity index (χ0n) is 16.0. The number of hydrogen-bond acceptors (Lipinski definition) is 3. The van der Waals surface area contributed by atoms with Crippen LogP contribution in [0.1, 0.15) is 42.1 Å². The van der Waals surface area contributed by atoms with E-state index in [1.807, 2.05) is 60.4 Å². The van der Waals surface area contributed by atoms with Crippen molar-refractivity contribution in [3.63, 3.8) is 0 Å². The van der Waals surface area contributed by atoms with E-state index in [4.69, 9.17) is 11.6 Å². The number of carbonyl (C=O) groups is 2. The van der Waals surface area contributed by atoms with Gasteiger partial charge in [0.1, 0.15) is 0 Å². The molecule has 1 N–H and O–H groups in total. The molecule has 4 nitrogen and oxygen atoms in total. The molecule has 1 heterocycles. The van der Waals surface area contributed by atoms with Gasteiger partial charge in [0.05, 0.1) is 0 Å². The van der Waals surface area contributed by atoms with Gasteiger partial charge < -0.3 is 10.2 Å². The van der Waals surface area contributed by atoms with Crippen LogP contribution in [0.2, 0.25) is 5.02 Å². The standard InChI is InChI=1S/C22H25ClN2O2S/c1-2-21(26)24-19-4-3-13-25(14-19)22(27)17-7-5-16(6-8-17)15-28-20-11-9-18(23)10-12-20/h5-12,19H,2-4,13-15H2,1H3,(H,24,26). The molecule has 1 fully saturated rings. The number of halogens is 1. The predicted octanol–water partition coefficient (Wildman–Crippen LogP) is 4.76. The molecule has 0 saturated carbocycles. The fourth-order valence-corrected chi connectivity index (χ4v) is 4.21. The maximum atomic E-state index is 12.8. The van der Waals surface area contributed by atoms with Crippen molar-refractivity contribution in [2.45, 2.75) is 42.9 Å². The van der Waals surface area contributed by atoms with Crippen LogP contribution in [0.25, 0.3) is 0 Å². The van der Waals surface area contributed by atoms with Crippen LogP contribution < -0.4 is 5.32 Å². The molecule has 2 aromatic rings. The van der Waals surface area contributed by atoms with Gasteiger partial charge in [-0.15, -0.1) is 11.8 Å². The second kappa shape index (κ2) is 9.99. The summed E-state index contributed by atoms with van der Waals surface area (Å²) in [5.41, 5.74) is 1.87. The van der Waals surface area contributed by atoms with E-state index in [0.717, 1.165) is 35.1 Å². The number of carbonyl (C=O) groups excluding carboxylic acids is 2. The van der Waals surface area contributed by atoms with E-state index in [2.05, 4.69) is 5.32 Å². The highest BCUT2D eigenvalue weighted by atomic mass is 35.5. The summed E-state index contributed by atoms with van der Waals surface area (Å²) in [5, 5.41) is 3.74. The highest BCUT2D eigenvalue weighted by Crippen LogP contribution is 2.24. The monoisotopic (exact) mass is 416 g/mol. The number of rotatable bonds is 6. The Morgan fingerprint density at radius 3 is 2.54 bits per heavy atom. The Kier molecular flexibility index (Phi) is 7.40. The summed E-state index contributed by atoms with van der Waals surface area (Å²) in [6.45, 7) is 3.16. The van der Waals surface area contributed by atoms with Gasteiger partial charge in [-0.1, -0.05) is 30.7 Å². The number of nitrogens with zero attached hydrogens (tertiary/aromatic N) is 1. The first-order chi connectivity index (χ1) is 13.5. The van der Waals surface area contributed by atoms with Crippen molar-refractivity contribution >= 4 is 35.2 Å². The Bertz CT molecular complexity index is 808. The molecular formula is C22H25ClN2O2S. The lowest BCUT2D eigenvalue weighted by atomic mass is 10.0. The van der Waals surface area contributed by atoms with Gasteiger partial charge in [-0.05, 0) is 54.8 Å². The van der Waals surface area contributed by atoms with Crippen LogP contribution in [0, 0.1) is 0 Å². The topological polar surface area (TPSA) is 49.4 Å². The summed E-state index contributed by atoms with van der Waals surface area (Å²) in [4.78, 5) is 27.5. The second-order valence-electron chi connectivity index (χ2n) is 6.95. The van der Waals surface area contributed by atoms with Gasteiger partial charge in [0, 0.05) is 46.8 Å². The summed E-state index contributed by atoms with van der Waals surface area (Å²) in [6, 6.07) is 15.7. The number of hydrogen-bond donors (Lipinski definition) is 1. The number of amides is 2. The average molecular weight is 417 g/mol. The number of thioether (sulfide) groups is 1. The van der Waals surface area contributed by atoms with Gasteiger partial charge in [-0.25, -0.2) is 0 Å². The molecule has 3 rings (SSSR count). The lowest BCUT2D eigenvalue weighted by Crippen LogP contribution is -2.49. The Balaban J connectivity index is 1.55. The van der Waals surface area contributed by atoms with Gasteiger partial charge in [-0.2, -0.15) is 0 Å². The first kappa shape index (κ1) is 20.7. The Morgan fingerprint density at radius 2 is 1.86 bits per heavy atom. The van der Waals surface area contributed by atoms with Gasteiger partial charge in [0.15, 0.2) is 0 Å². The molecule has 0 radical (unpaired) electrons. The van der Waals surface area contributed by atoms with E-state index in [0.29, 0.717) is 18.5 Å². The SMILES string of the molecule is CCC(=O)NC1CCCN(C(=O)c2ccc(CSc3ccc(Cl)cc3)cc2)C1. The van der Waals surface area contributed by atoms with Crippen molar-refractivity contribution in [2.24, 2.45) is 0 Å². The molecule has 6 heteroatoms. The molecule has 148 valence electrons. The van der Waals surface area contributed by atoms with Crippen molar-refractivity contribution in [3.05, 3.63) is 64.7 Å². The Hall–Kier alpha value is -1.98. The van der Waals surface area contributed by atoms with Crippen LogP contribution >= 0.6 is 23.4 Å². The molecule has 1 saturated heterocycles. The van der Waals surface area contributed by atoms with Crippen LogP contribution in [-0.2, 0) is 10.5 Å². The fourth-order valence-electron chi connectivity index (χ4n) is 3.23. The number of likely N-dealkylation sites (tertiary alicyclic amines) is 1. The molecule has 1 aliphatic rings. The maximum absolute atomic E-state index is 12.8. The fraction of sp³-hybridized carbons (Fsp3) is 0.364. The third-order valence-corrected chi connectivity index (χ3v) is 6.15. The van der Waals surface area contributed by atoms with Gasteiger partial charge in [-0.3, -0.25) is 9.59 Å². The van der Waals surface area contributed by atoms with E-state index in [1.165, 1.54) is 5.56 Å².